The third-order valence-electron chi connectivity index (χ3n) is 3.31. The van der Waals surface area contributed by atoms with Gasteiger partial charge in [0.25, 0.3) is 5.91 Å². The fourth-order valence-electron chi connectivity index (χ4n) is 1.87. The molecule has 0 fully saturated rings. The molecule has 21 heavy (non-hydrogen) atoms. The number of thiophene rings is 1. The zero-order valence-corrected chi connectivity index (χ0v) is 12.7. The molecule has 0 aliphatic rings. The Bertz CT molecular complexity index is 672. The lowest BCUT2D eigenvalue weighted by Crippen LogP contribution is -2.34. The number of hydrogen-bond acceptors (Lipinski definition) is 3. The molecule has 1 amide bonds. The maximum atomic E-state index is 12.9. The van der Waals surface area contributed by atoms with E-state index in [0.717, 1.165) is 10.4 Å². The fraction of sp³-hybridized carbons (Fsp3) is 0.250. The van der Waals surface area contributed by atoms with Crippen LogP contribution in [0.1, 0.15) is 23.0 Å². The Balaban J connectivity index is 2.18. The summed E-state index contributed by atoms with van der Waals surface area (Å²) in [4.78, 5) is 15.4. The molecule has 0 spiro atoms. The molecule has 2 rings (SSSR count). The second-order valence-corrected chi connectivity index (χ2v) is 5.88. The van der Waals surface area contributed by atoms with Crippen LogP contribution in [0.25, 0.3) is 10.4 Å². The van der Waals surface area contributed by atoms with Gasteiger partial charge in [0.15, 0.2) is 0 Å². The summed E-state index contributed by atoms with van der Waals surface area (Å²) in [7, 11) is 1.70. The minimum atomic E-state index is -0.281. The fourth-order valence-corrected chi connectivity index (χ4v) is 2.86. The lowest BCUT2D eigenvalue weighted by Gasteiger charge is -2.22. The van der Waals surface area contributed by atoms with Crippen LogP contribution < -0.4 is 0 Å². The van der Waals surface area contributed by atoms with E-state index < -0.39 is 0 Å². The Morgan fingerprint density at radius 1 is 1.33 bits per heavy atom. The highest BCUT2D eigenvalue weighted by Gasteiger charge is 2.19. The largest absolute Gasteiger partial charge is 0.337 e. The number of halogens is 1. The van der Waals surface area contributed by atoms with Crippen LogP contribution in [0.3, 0.4) is 0 Å². The van der Waals surface area contributed by atoms with Crippen molar-refractivity contribution in [1.29, 1.82) is 5.26 Å². The van der Waals surface area contributed by atoms with Gasteiger partial charge in [-0.05, 0) is 36.8 Å². The predicted octanol–water partition coefficient (Wildman–Crippen LogP) is 3.93. The molecule has 0 saturated carbocycles. The van der Waals surface area contributed by atoms with Crippen LogP contribution in [0.2, 0.25) is 0 Å². The average Bonchev–Trinajstić information content (AvgIpc) is 2.96. The first kappa shape index (κ1) is 15.2. The molecule has 1 heterocycles. The number of carbonyl (C=O) groups is 1. The summed E-state index contributed by atoms with van der Waals surface area (Å²) < 4.78 is 12.9. The summed E-state index contributed by atoms with van der Waals surface area (Å²) in [6.45, 7) is 1.84. The van der Waals surface area contributed by atoms with Crippen molar-refractivity contribution in [2.24, 2.45) is 0 Å². The molecule has 1 aromatic heterocycles. The van der Waals surface area contributed by atoms with E-state index in [2.05, 4.69) is 6.07 Å². The minimum Gasteiger partial charge on any atom is -0.337 e. The molecule has 0 radical (unpaired) electrons. The summed E-state index contributed by atoms with van der Waals surface area (Å²) in [5.41, 5.74) is 0.883. The van der Waals surface area contributed by atoms with Gasteiger partial charge in [0.2, 0.25) is 0 Å². The highest BCUT2D eigenvalue weighted by Crippen LogP contribution is 2.29. The Kier molecular flexibility index (Phi) is 4.71. The zero-order valence-electron chi connectivity index (χ0n) is 11.8. The van der Waals surface area contributed by atoms with Crippen molar-refractivity contribution in [1.82, 2.24) is 4.90 Å². The van der Waals surface area contributed by atoms with Crippen LogP contribution in [0, 0.1) is 17.1 Å². The molecule has 108 valence electrons. The average molecular weight is 302 g/mol. The quantitative estimate of drug-likeness (QED) is 0.859. The molecule has 1 aromatic carbocycles. The van der Waals surface area contributed by atoms with Gasteiger partial charge in [-0.2, -0.15) is 5.26 Å². The SMILES string of the molecule is C[C@H](CC#N)N(C)C(=O)c1ccc(-c2ccc(F)cc2)s1. The third-order valence-corrected chi connectivity index (χ3v) is 4.44. The topological polar surface area (TPSA) is 44.1 Å². The van der Waals surface area contributed by atoms with Gasteiger partial charge in [-0.1, -0.05) is 12.1 Å². The van der Waals surface area contributed by atoms with Crippen molar-refractivity contribution < 1.29 is 9.18 Å². The van der Waals surface area contributed by atoms with Crippen LogP contribution in [0.15, 0.2) is 36.4 Å². The van der Waals surface area contributed by atoms with Crippen molar-refractivity contribution in [3.63, 3.8) is 0 Å². The van der Waals surface area contributed by atoms with E-state index in [-0.39, 0.29) is 17.8 Å². The molecular weight excluding hydrogens is 287 g/mol. The van der Waals surface area contributed by atoms with Gasteiger partial charge in [-0.3, -0.25) is 4.79 Å². The van der Waals surface area contributed by atoms with Gasteiger partial charge in [0.1, 0.15) is 5.82 Å². The Morgan fingerprint density at radius 3 is 2.62 bits per heavy atom. The summed E-state index contributed by atoms with van der Waals surface area (Å²) in [6.07, 6.45) is 0.304. The van der Waals surface area contributed by atoms with E-state index in [9.17, 15) is 9.18 Å². The smallest absolute Gasteiger partial charge is 0.263 e. The van der Waals surface area contributed by atoms with Gasteiger partial charge >= 0.3 is 0 Å². The van der Waals surface area contributed by atoms with Crippen molar-refractivity contribution in [2.45, 2.75) is 19.4 Å². The molecule has 0 saturated heterocycles. The lowest BCUT2D eigenvalue weighted by molar-refractivity contribution is 0.0751. The first-order valence-electron chi connectivity index (χ1n) is 6.53. The van der Waals surface area contributed by atoms with Crippen molar-refractivity contribution in [2.75, 3.05) is 7.05 Å². The molecule has 3 nitrogen and oxygen atoms in total. The third kappa shape index (κ3) is 3.47. The second kappa shape index (κ2) is 6.51. The van der Waals surface area contributed by atoms with Crippen molar-refractivity contribution in [3.8, 4) is 16.5 Å². The van der Waals surface area contributed by atoms with E-state index in [0.29, 0.717) is 11.3 Å². The summed E-state index contributed by atoms with van der Waals surface area (Å²) >= 11 is 1.37. The summed E-state index contributed by atoms with van der Waals surface area (Å²) in [5, 5.41) is 8.70. The van der Waals surface area contributed by atoms with Crippen molar-refractivity contribution in [3.05, 3.63) is 47.1 Å². The number of nitrogens with zero attached hydrogens (tertiary/aromatic N) is 2. The van der Waals surface area contributed by atoms with E-state index in [1.165, 1.54) is 23.5 Å². The van der Waals surface area contributed by atoms with E-state index in [1.54, 1.807) is 30.1 Å². The number of nitriles is 1. The maximum Gasteiger partial charge on any atom is 0.263 e. The number of hydrogen-bond donors (Lipinski definition) is 0. The second-order valence-electron chi connectivity index (χ2n) is 4.80. The molecule has 0 aliphatic carbocycles. The number of amides is 1. The maximum absolute atomic E-state index is 12.9. The lowest BCUT2D eigenvalue weighted by atomic mass is 10.2. The van der Waals surface area contributed by atoms with E-state index in [1.807, 2.05) is 13.0 Å². The summed E-state index contributed by atoms with van der Waals surface area (Å²) in [5.74, 6) is -0.382. The van der Waals surface area contributed by atoms with Gasteiger partial charge < -0.3 is 4.90 Å². The van der Waals surface area contributed by atoms with Crippen LogP contribution in [-0.4, -0.2) is 23.9 Å². The first-order chi connectivity index (χ1) is 10.0. The highest BCUT2D eigenvalue weighted by molar-refractivity contribution is 7.17. The van der Waals surface area contributed by atoms with E-state index >= 15 is 0 Å². The van der Waals surface area contributed by atoms with Gasteiger partial charge in [-0.25, -0.2) is 4.39 Å². The van der Waals surface area contributed by atoms with Crippen LogP contribution in [0.5, 0.6) is 0 Å². The molecular formula is C16H15FN2OS. The van der Waals surface area contributed by atoms with Crippen LogP contribution >= 0.6 is 11.3 Å². The first-order valence-corrected chi connectivity index (χ1v) is 7.34. The van der Waals surface area contributed by atoms with Gasteiger partial charge in [0.05, 0.1) is 17.4 Å². The molecule has 1 atom stereocenters. The Hall–Kier alpha value is -2.19. The normalized spacial score (nSPS) is 11.7. The predicted molar refractivity (Wildman–Crippen MR) is 81.5 cm³/mol. The van der Waals surface area contributed by atoms with E-state index in [4.69, 9.17) is 5.26 Å². The van der Waals surface area contributed by atoms with Gasteiger partial charge in [-0.15, -0.1) is 11.3 Å². The summed E-state index contributed by atoms with van der Waals surface area (Å²) in [6, 6.07) is 11.7. The van der Waals surface area contributed by atoms with Gasteiger partial charge in [0, 0.05) is 18.0 Å². The zero-order chi connectivity index (χ0) is 15.4. The standard InChI is InChI=1S/C16H15FN2OS/c1-11(9-10-18)19(2)16(20)15-8-7-14(21-15)12-3-5-13(17)6-4-12/h3-8,11H,9H2,1-2H3/t11-/m1/s1. The molecule has 0 N–H and O–H groups in total. The van der Waals surface area contributed by atoms with Crippen LogP contribution in [-0.2, 0) is 0 Å². The number of rotatable bonds is 4. The molecule has 2 aromatic rings. The van der Waals surface area contributed by atoms with Crippen molar-refractivity contribution >= 4 is 17.2 Å². The molecule has 5 heteroatoms. The highest BCUT2D eigenvalue weighted by atomic mass is 32.1. The molecule has 0 aliphatic heterocycles. The minimum absolute atomic E-state index is 0.101. The Labute approximate surface area is 127 Å². The molecule has 0 bridgehead atoms. The number of carbonyl (C=O) groups excluding carboxylic acids is 1. The Morgan fingerprint density at radius 2 is 2.00 bits per heavy atom. The van der Waals surface area contributed by atoms with Crippen LogP contribution in [0.4, 0.5) is 4.39 Å². The molecule has 0 unspecified atom stereocenters. The number of benzene rings is 1. The monoisotopic (exact) mass is 302 g/mol.